The molecule has 0 bridgehead atoms. The Kier molecular flexibility index (Phi) is 3.43. The van der Waals surface area contributed by atoms with E-state index in [1.807, 2.05) is 24.3 Å². The lowest BCUT2D eigenvalue weighted by Crippen LogP contribution is -2.07. The standard InChI is InChI=1S/C19H20O/c1-13-7-8-17(11-14(13)2)19(20)18-10-9-15-5-3-4-6-16(15)12-18/h7-12H,3-6H2,1-2H3. The second-order valence-corrected chi connectivity index (χ2v) is 5.82. The average molecular weight is 264 g/mol. The Balaban J connectivity index is 1.95. The molecule has 3 rings (SSSR count). The van der Waals surface area contributed by atoms with Crippen LogP contribution in [0.2, 0.25) is 0 Å². The topological polar surface area (TPSA) is 17.1 Å². The summed E-state index contributed by atoms with van der Waals surface area (Å²) in [4.78, 5) is 12.6. The molecule has 0 saturated heterocycles. The van der Waals surface area contributed by atoms with Crippen molar-refractivity contribution in [2.45, 2.75) is 39.5 Å². The van der Waals surface area contributed by atoms with Crippen molar-refractivity contribution in [3.8, 4) is 0 Å². The molecule has 102 valence electrons. The molecular weight excluding hydrogens is 244 g/mol. The van der Waals surface area contributed by atoms with Crippen molar-refractivity contribution in [1.82, 2.24) is 0 Å². The molecule has 0 amide bonds. The van der Waals surface area contributed by atoms with Crippen LogP contribution in [-0.2, 0) is 12.8 Å². The molecule has 0 aliphatic heterocycles. The van der Waals surface area contributed by atoms with Gasteiger partial charge in [-0.05, 0) is 73.9 Å². The Morgan fingerprint density at radius 1 is 0.800 bits per heavy atom. The molecule has 1 aliphatic rings. The van der Waals surface area contributed by atoms with Crippen LogP contribution in [0.15, 0.2) is 36.4 Å². The highest BCUT2D eigenvalue weighted by atomic mass is 16.1. The number of rotatable bonds is 2. The lowest BCUT2D eigenvalue weighted by atomic mass is 9.89. The zero-order chi connectivity index (χ0) is 14.1. The third kappa shape index (κ3) is 2.40. The third-order valence-electron chi connectivity index (χ3n) is 4.38. The summed E-state index contributed by atoms with van der Waals surface area (Å²) in [6.45, 7) is 4.13. The normalized spacial score (nSPS) is 13.9. The summed E-state index contributed by atoms with van der Waals surface area (Å²) in [6, 6.07) is 12.2. The number of ketones is 1. The summed E-state index contributed by atoms with van der Waals surface area (Å²) in [5, 5.41) is 0. The van der Waals surface area contributed by atoms with Gasteiger partial charge in [0.25, 0.3) is 0 Å². The van der Waals surface area contributed by atoms with Crippen LogP contribution < -0.4 is 0 Å². The minimum absolute atomic E-state index is 0.140. The molecule has 0 N–H and O–H groups in total. The van der Waals surface area contributed by atoms with E-state index in [0.29, 0.717) is 0 Å². The van der Waals surface area contributed by atoms with Crippen molar-refractivity contribution >= 4 is 5.78 Å². The highest BCUT2D eigenvalue weighted by molar-refractivity contribution is 6.09. The van der Waals surface area contributed by atoms with E-state index in [1.165, 1.54) is 35.1 Å². The molecule has 0 aromatic heterocycles. The van der Waals surface area contributed by atoms with Crippen molar-refractivity contribution in [1.29, 1.82) is 0 Å². The molecule has 2 aromatic rings. The van der Waals surface area contributed by atoms with Gasteiger partial charge in [-0.15, -0.1) is 0 Å². The zero-order valence-electron chi connectivity index (χ0n) is 12.2. The predicted molar refractivity (Wildman–Crippen MR) is 82.4 cm³/mol. The molecule has 2 aromatic carbocycles. The van der Waals surface area contributed by atoms with Crippen LogP contribution in [0.1, 0.15) is 51.0 Å². The van der Waals surface area contributed by atoms with E-state index in [4.69, 9.17) is 0 Å². The summed E-state index contributed by atoms with van der Waals surface area (Å²) >= 11 is 0. The minimum Gasteiger partial charge on any atom is -0.289 e. The van der Waals surface area contributed by atoms with Crippen molar-refractivity contribution in [2.75, 3.05) is 0 Å². The van der Waals surface area contributed by atoms with Crippen LogP contribution in [0.4, 0.5) is 0 Å². The van der Waals surface area contributed by atoms with E-state index in [-0.39, 0.29) is 5.78 Å². The molecule has 0 atom stereocenters. The van der Waals surface area contributed by atoms with E-state index in [2.05, 4.69) is 26.0 Å². The van der Waals surface area contributed by atoms with E-state index in [1.54, 1.807) is 0 Å². The van der Waals surface area contributed by atoms with Gasteiger partial charge < -0.3 is 0 Å². The van der Waals surface area contributed by atoms with E-state index in [0.717, 1.165) is 24.0 Å². The van der Waals surface area contributed by atoms with Crippen LogP contribution in [0.25, 0.3) is 0 Å². The fourth-order valence-electron chi connectivity index (χ4n) is 2.92. The summed E-state index contributed by atoms with van der Waals surface area (Å²) in [5.74, 6) is 0.140. The van der Waals surface area contributed by atoms with Gasteiger partial charge in [0.2, 0.25) is 0 Å². The molecule has 0 heterocycles. The van der Waals surface area contributed by atoms with Gasteiger partial charge in [0, 0.05) is 11.1 Å². The molecule has 0 radical (unpaired) electrons. The van der Waals surface area contributed by atoms with Crippen LogP contribution in [0, 0.1) is 13.8 Å². The number of carbonyl (C=O) groups excluding carboxylic acids is 1. The highest BCUT2D eigenvalue weighted by Gasteiger charge is 2.14. The lowest BCUT2D eigenvalue weighted by molar-refractivity contribution is 0.103. The van der Waals surface area contributed by atoms with Gasteiger partial charge >= 0.3 is 0 Å². The van der Waals surface area contributed by atoms with E-state index in [9.17, 15) is 4.79 Å². The van der Waals surface area contributed by atoms with Crippen LogP contribution in [0.5, 0.6) is 0 Å². The van der Waals surface area contributed by atoms with Gasteiger partial charge in [0.15, 0.2) is 5.78 Å². The number of hydrogen-bond acceptors (Lipinski definition) is 1. The van der Waals surface area contributed by atoms with Gasteiger partial charge in [0.05, 0.1) is 0 Å². The van der Waals surface area contributed by atoms with Gasteiger partial charge in [-0.3, -0.25) is 4.79 Å². The van der Waals surface area contributed by atoms with Crippen LogP contribution >= 0.6 is 0 Å². The van der Waals surface area contributed by atoms with Gasteiger partial charge in [-0.2, -0.15) is 0 Å². The summed E-state index contributed by atoms with van der Waals surface area (Å²) in [7, 11) is 0. The second-order valence-electron chi connectivity index (χ2n) is 5.82. The smallest absolute Gasteiger partial charge is 0.193 e. The molecule has 20 heavy (non-hydrogen) atoms. The molecular formula is C19H20O. The fraction of sp³-hybridized carbons (Fsp3) is 0.316. The number of hydrogen-bond donors (Lipinski definition) is 0. The van der Waals surface area contributed by atoms with Crippen molar-refractivity contribution < 1.29 is 4.79 Å². The Bertz CT molecular complexity index is 667. The first-order valence-electron chi connectivity index (χ1n) is 7.39. The Morgan fingerprint density at radius 3 is 2.20 bits per heavy atom. The Labute approximate surface area is 120 Å². The fourth-order valence-corrected chi connectivity index (χ4v) is 2.92. The highest BCUT2D eigenvalue weighted by Crippen LogP contribution is 2.23. The minimum atomic E-state index is 0.140. The first-order valence-corrected chi connectivity index (χ1v) is 7.39. The first kappa shape index (κ1) is 13.1. The first-order chi connectivity index (χ1) is 9.65. The van der Waals surface area contributed by atoms with Gasteiger partial charge in [0.1, 0.15) is 0 Å². The number of aryl methyl sites for hydroxylation is 4. The Hall–Kier alpha value is -1.89. The van der Waals surface area contributed by atoms with E-state index >= 15 is 0 Å². The van der Waals surface area contributed by atoms with Crippen molar-refractivity contribution in [3.63, 3.8) is 0 Å². The second kappa shape index (κ2) is 5.24. The maximum atomic E-state index is 12.6. The van der Waals surface area contributed by atoms with Crippen molar-refractivity contribution in [3.05, 3.63) is 69.8 Å². The predicted octanol–water partition coefficient (Wildman–Crippen LogP) is 4.41. The lowest BCUT2D eigenvalue weighted by Gasteiger charge is -2.16. The summed E-state index contributed by atoms with van der Waals surface area (Å²) < 4.78 is 0. The Morgan fingerprint density at radius 2 is 1.45 bits per heavy atom. The van der Waals surface area contributed by atoms with Gasteiger partial charge in [-0.1, -0.05) is 24.3 Å². The largest absolute Gasteiger partial charge is 0.289 e. The van der Waals surface area contributed by atoms with Crippen LogP contribution in [-0.4, -0.2) is 5.78 Å². The van der Waals surface area contributed by atoms with Crippen LogP contribution in [0.3, 0.4) is 0 Å². The molecule has 0 unspecified atom stereocenters. The average Bonchev–Trinajstić information content (AvgIpc) is 2.49. The number of benzene rings is 2. The summed E-state index contributed by atoms with van der Waals surface area (Å²) in [6.07, 6.45) is 4.79. The third-order valence-corrected chi connectivity index (χ3v) is 4.38. The quantitative estimate of drug-likeness (QED) is 0.734. The molecule has 1 nitrogen and oxygen atoms in total. The number of fused-ring (bicyclic) bond motifs is 1. The van der Waals surface area contributed by atoms with Crippen molar-refractivity contribution in [2.24, 2.45) is 0 Å². The van der Waals surface area contributed by atoms with E-state index < -0.39 is 0 Å². The SMILES string of the molecule is Cc1ccc(C(=O)c2ccc3c(c2)CCCC3)cc1C. The number of carbonyl (C=O) groups is 1. The monoisotopic (exact) mass is 264 g/mol. The zero-order valence-corrected chi connectivity index (χ0v) is 12.2. The molecule has 0 fully saturated rings. The summed E-state index contributed by atoms with van der Waals surface area (Å²) in [5.41, 5.74) is 6.82. The molecule has 1 aliphatic carbocycles. The maximum absolute atomic E-state index is 12.6. The van der Waals surface area contributed by atoms with Gasteiger partial charge in [-0.25, -0.2) is 0 Å². The molecule has 0 spiro atoms. The molecule has 0 saturated carbocycles. The molecule has 1 heteroatoms. The maximum Gasteiger partial charge on any atom is 0.193 e.